The van der Waals surface area contributed by atoms with Crippen LogP contribution in [0.25, 0.3) is 0 Å². The van der Waals surface area contributed by atoms with Crippen molar-refractivity contribution in [1.29, 1.82) is 0 Å². The molecule has 0 atom stereocenters. The number of oxime groups is 1. The lowest BCUT2D eigenvalue weighted by molar-refractivity contribution is 0.311. The fourth-order valence-corrected chi connectivity index (χ4v) is 2.40. The largest absolute Gasteiger partial charge is 0.411 e. The Hall–Kier alpha value is -0.830. The summed E-state index contributed by atoms with van der Waals surface area (Å²) in [6.45, 7) is 4.19. The fraction of sp³-hybridized carbons (Fsp3) is 0.364. The molecule has 0 bridgehead atoms. The van der Waals surface area contributed by atoms with E-state index in [0.29, 0.717) is 0 Å². The summed E-state index contributed by atoms with van der Waals surface area (Å²) in [6, 6.07) is 6.12. The van der Waals surface area contributed by atoms with Crippen LogP contribution in [0.4, 0.5) is 0 Å². The van der Waals surface area contributed by atoms with Crippen LogP contribution in [0.15, 0.2) is 27.8 Å². The fourth-order valence-electron chi connectivity index (χ4n) is 2.04. The van der Waals surface area contributed by atoms with E-state index in [1.54, 1.807) is 0 Å². The quantitative estimate of drug-likeness (QED) is 0.559. The van der Waals surface area contributed by atoms with Gasteiger partial charge in [0.05, 0.1) is 5.71 Å². The molecule has 0 spiro atoms. The summed E-state index contributed by atoms with van der Waals surface area (Å²) in [4.78, 5) is 0. The van der Waals surface area contributed by atoms with Crippen LogP contribution < -0.4 is 0 Å². The van der Waals surface area contributed by atoms with Gasteiger partial charge in [-0.1, -0.05) is 41.0 Å². The average Bonchev–Trinajstić information content (AvgIpc) is 2.34. The molecule has 2 rings (SSSR count). The van der Waals surface area contributed by atoms with Crippen molar-refractivity contribution in [3.05, 3.63) is 33.8 Å². The van der Waals surface area contributed by atoms with E-state index in [1.807, 2.05) is 12.1 Å². The van der Waals surface area contributed by atoms with E-state index >= 15 is 0 Å². The van der Waals surface area contributed by atoms with Crippen molar-refractivity contribution in [3.63, 3.8) is 0 Å². The number of hydrogen-bond donors (Lipinski definition) is 1. The van der Waals surface area contributed by atoms with Crippen molar-refractivity contribution in [1.82, 2.24) is 0 Å². The monoisotopic (exact) mass is 253 g/mol. The van der Waals surface area contributed by atoms with Crippen LogP contribution in [0.3, 0.4) is 0 Å². The molecule has 1 aliphatic carbocycles. The van der Waals surface area contributed by atoms with Gasteiger partial charge in [-0.05, 0) is 24.1 Å². The molecule has 0 saturated heterocycles. The first-order valence-electron chi connectivity index (χ1n) is 4.56. The SMILES string of the molecule is CC1(C)Cc2ccc(Br)cc2/C1=N/O. The maximum absolute atomic E-state index is 9.01. The highest BCUT2D eigenvalue weighted by Gasteiger charge is 2.35. The Labute approximate surface area is 91.8 Å². The van der Waals surface area contributed by atoms with Gasteiger partial charge in [0.25, 0.3) is 0 Å². The zero-order valence-corrected chi connectivity index (χ0v) is 9.80. The summed E-state index contributed by atoms with van der Waals surface area (Å²) in [7, 11) is 0. The zero-order valence-electron chi connectivity index (χ0n) is 8.21. The van der Waals surface area contributed by atoms with Crippen molar-refractivity contribution in [2.75, 3.05) is 0 Å². The van der Waals surface area contributed by atoms with Crippen LogP contribution in [-0.2, 0) is 6.42 Å². The summed E-state index contributed by atoms with van der Waals surface area (Å²) in [5, 5.41) is 12.4. The molecule has 0 fully saturated rings. The first-order chi connectivity index (χ1) is 6.54. The van der Waals surface area contributed by atoms with Gasteiger partial charge < -0.3 is 5.21 Å². The van der Waals surface area contributed by atoms with Gasteiger partial charge in [-0.2, -0.15) is 0 Å². The number of fused-ring (bicyclic) bond motifs is 1. The highest BCUT2D eigenvalue weighted by Crippen LogP contribution is 2.37. The third kappa shape index (κ3) is 1.36. The summed E-state index contributed by atoms with van der Waals surface area (Å²) >= 11 is 3.42. The first kappa shape index (κ1) is 9.71. The molecule has 0 radical (unpaired) electrons. The van der Waals surface area contributed by atoms with Crippen LogP contribution in [0.1, 0.15) is 25.0 Å². The maximum Gasteiger partial charge on any atom is 0.0930 e. The zero-order chi connectivity index (χ0) is 10.3. The smallest absolute Gasteiger partial charge is 0.0930 e. The third-order valence-corrected chi connectivity index (χ3v) is 3.19. The van der Waals surface area contributed by atoms with Crippen LogP contribution in [0.5, 0.6) is 0 Å². The summed E-state index contributed by atoms with van der Waals surface area (Å²) < 4.78 is 1.02. The molecule has 0 saturated carbocycles. The van der Waals surface area contributed by atoms with E-state index in [9.17, 15) is 0 Å². The van der Waals surface area contributed by atoms with Crippen molar-refractivity contribution in [2.45, 2.75) is 20.3 Å². The molecule has 1 aromatic carbocycles. The number of halogens is 1. The van der Waals surface area contributed by atoms with Crippen molar-refractivity contribution < 1.29 is 5.21 Å². The van der Waals surface area contributed by atoms with Gasteiger partial charge in [0, 0.05) is 15.5 Å². The van der Waals surface area contributed by atoms with Gasteiger partial charge in [0.15, 0.2) is 0 Å². The molecule has 1 N–H and O–H groups in total. The Kier molecular flexibility index (Phi) is 2.14. The molecule has 3 heteroatoms. The highest BCUT2D eigenvalue weighted by molar-refractivity contribution is 9.10. The molecule has 0 heterocycles. The molecule has 0 unspecified atom stereocenters. The maximum atomic E-state index is 9.01. The molecule has 1 aromatic rings. The second kappa shape index (κ2) is 3.09. The predicted molar refractivity (Wildman–Crippen MR) is 60.0 cm³/mol. The third-order valence-electron chi connectivity index (χ3n) is 2.70. The highest BCUT2D eigenvalue weighted by atomic mass is 79.9. The summed E-state index contributed by atoms with van der Waals surface area (Å²) in [5.74, 6) is 0. The van der Waals surface area contributed by atoms with E-state index < -0.39 is 0 Å². The van der Waals surface area contributed by atoms with Crippen LogP contribution in [0.2, 0.25) is 0 Å². The van der Waals surface area contributed by atoms with Gasteiger partial charge in [-0.15, -0.1) is 0 Å². The predicted octanol–water partition coefficient (Wildman–Crippen LogP) is 3.21. The van der Waals surface area contributed by atoms with Gasteiger partial charge >= 0.3 is 0 Å². The molecular weight excluding hydrogens is 242 g/mol. The van der Waals surface area contributed by atoms with E-state index in [4.69, 9.17) is 5.21 Å². The van der Waals surface area contributed by atoms with Gasteiger partial charge in [-0.3, -0.25) is 0 Å². The second-order valence-electron chi connectivity index (χ2n) is 4.31. The number of rotatable bonds is 0. The lowest BCUT2D eigenvalue weighted by atomic mass is 9.88. The van der Waals surface area contributed by atoms with Crippen molar-refractivity contribution >= 4 is 21.6 Å². The molecular formula is C11H12BrNO. The number of benzene rings is 1. The van der Waals surface area contributed by atoms with Crippen LogP contribution >= 0.6 is 15.9 Å². The molecule has 2 nitrogen and oxygen atoms in total. The molecule has 14 heavy (non-hydrogen) atoms. The van der Waals surface area contributed by atoms with Gasteiger partial charge in [0.2, 0.25) is 0 Å². The Morgan fingerprint density at radius 2 is 2.14 bits per heavy atom. The second-order valence-corrected chi connectivity index (χ2v) is 5.23. The topological polar surface area (TPSA) is 32.6 Å². The number of hydrogen-bond acceptors (Lipinski definition) is 2. The van der Waals surface area contributed by atoms with E-state index in [0.717, 1.165) is 22.2 Å². The van der Waals surface area contributed by atoms with Gasteiger partial charge in [0.1, 0.15) is 0 Å². The first-order valence-corrected chi connectivity index (χ1v) is 5.35. The molecule has 0 aromatic heterocycles. The minimum atomic E-state index is -0.0577. The summed E-state index contributed by atoms with van der Waals surface area (Å²) in [6.07, 6.45) is 0.939. The normalized spacial score (nSPS) is 21.2. The van der Waals surface area contributed by atoms with Crippen molar-refractivity contribution in [3.8, 4) is 0 Å². The molecule has 74 valence electrons. The lowest BCUT2D eigenvalue weighted by Gasteiger charge is -2.16. The van der Waals surface area contributed by atoms with Crippen LogP contribution in [0, 0.1) is 5.41 Å². The molecule has 1 aliphatic rings. The molecule has 0 amide bonds. The van der Waals surface area contributed by atoms with E-state index in [2.05, 4.69) is 41.0 Å². The minimum Gasteiger partial charge on any atom is -0.411 e. The Morgan fingerprint density at radius 1 is 1.43 bits per heavy atom. The summed E-state index contributed by atoms with van der Waals surface area (Å²) in [5.41, 5.74) is 3.05. The standard InChI is InChI=1S/C11H12BrNO/c1-11(2)6-7-3-4-8(12)5-9(7)10(11)13-14/h3-5,14H,6H2,1-2H3/b13-10-. The van der Waals surface area contributed by atoms with Crippen molar-refractivity contribution in [2.24, 2.45) is 10.6 Å². The Balaban J connectivity index is 2.61. The Bertz CT molecular complexity index is 410. The Morgan fingerprint density at radius 3 is 2.79 bits per heavy atom. The van der Waals surface area contributed by atoms with Gasteiger partial charge in [-0.25, -0.2) is 0 Å². The minimum absolute atomic E-state index is 0.0577. The number of nitrogens with zero attached hydrogens (tertiary/aromatic N) is 1. The van der Waals surface area contributed by atoms with E-state index in [1.165, 1.54) is 5.56 Å². The molecule has 0 aliphatic heterocycles. The average molecular weight is 254 g/mol. The van der Waals surface area contributed by atoms with Crippen LogP contribution in [-0.4, -0.2) is 10.9 Å². The lowest BCUT2D eigenvalue weighted by Crippen LogP contribution is -2.20. The van der Waals surface area contributed by atoms with E-state index in [-0.39, 0.29) is 5.41 Å².